The Hall–Kier alpha value is -2.14. The molecule has 1 aromatic carbocycles. The highest BCUT2D eigenvalue weighted by molar-refractivity contribution is 5.80. The van der Waals surface area contributed by atoms with Crippen LogP contribution in [-0.4, -0.2) is 44.6 Å². The highest BCUT2D eigenvalue weighted by Crippen LogP contribution is 2.45. The molecular weight excluding hydrogens is 348 g/mol. The Labute approximate surface area is 168 Å². The van der Waals surface area contributed by atoms with Crippen molar-refractivity contribution >= 4 is 5.91 Å². The van der Waals surface area contributed by atoms with Gasteiger partial charge in [0.1, 0.15) is 0 Å². The van der Waals surface area contributed by atoms with Crippen LogP contribution in [0.5, 0.6) is 0 Å². The second kappa shape index (κ2) is 8.08. The summed E-state index contributed by atoms with van der Waals surface area (Å²) < 4.78 is 1.81. The minimum Gasteiger partial charge on any atom is -0.338 e. The summed E-state index contributed by atoms with van der Waals surface area (Å²) in [6.07, 6.45) is 7.18. The SMILES string of the molecule is CC(C)CN(Cc1cnn(C)c1)C(=O)[C@@H]1C[C@H](c2ccccc2)N2CCC[C@@H]12. The number of aryl methyl sites for hydroxylation is 1. The molecule has 1 aromatic heterocycles. The third-order valence-corrected chi connectivity index (χ3v) is 6.21. The van der Waals surface area contributed by atoms with Crippen LogP contribution in [0.2, 0.25) is 0 Å². The van der Waals surface area contributed by atoms with Gasteiger partial charge >= 0.3 is 0 Å². The lowest BCUT2D eigenvalue weighted by Gasteiger charge is -2.29. The molecule has 0 bridgehead atoms. The third-order valence-electron chi connectivity index (χ3n) is 6.21. The first-order valence-electron chi connectivity index (χ1n) is 10.6. The zero-order valence-electron chi connectivity index (χ0n) is 17.3. The number of hydrogen-bond donors (Lipinski definition) is 0. The average molecular weight is 381 g/mol. The number of benzene rings is 1. The van der Waals surface area contributed by atoms with Crippen LogP contribution in [0.1, 0.15) is 50.3 Å². The number of carbonyl (C=O) groups is 1. The molecule has 0 unspecified atom stereocenters. The van der Waals surface area contributed by atoms with Gasteiger partial charge in [0.05, 0.1) is 12.1 Å². The van der Waals surface area contributed by atoms with Crippen molar-refractivity contribution in [1.29, 1.82) is 0 Å². The molecule has 2 saturated heterocycles. The van der Waals surface area contributed by atoms with Gasteiger partial charge in [-0.1, -0.05) is 44.2 Å². The van der Waals surface area contributed by atoms with Gasteiger partial charge in [-0.25, -0.2) is 0 Å². The molecule has 0 spiro atoms. The van der Waals surface area contributed by atoms with Crippen molar-refractivity contribution in [3.63, 3.8) is 0 Å². The smallest absolute Gasteiger partial charge is 0.227 e. The standard InChI is InChI=1S/C23H32N4O/c1-17(2)14-26(16-18-13-24-25(3)15-18)23(28)20-12-22(19-8-5-4-6-9-19)27-11-7-10-21(20)27/h4-6,8-9,13,15,17,20-22H,7,10-12,14,16H2,1-3H3/t20-,21+,22-/m1/s1. The van der Waals surface area contributed by atoms with Crippen molar-refractivity contribution in [3.05, 3.63) is 53.9 Å². The van der Waals surface area contributed by atoms with Crippen LogP contribution < -0.4 is 0 Å². The molecule has 4 rings (SSSR count). The van der Waals surface area contributed by atoms with Crippen LogP contribution in [0.25, 0.3) is 0 Å². The first-order valence-corrected chi connectivity index (χ1v) is 10.6. The number of aromatic nitrogens is 2. The summed E-state index contributed by atoms with van der Waals surface area (Å²) in [6.45, 7) is 6.94. The molecule has 0 aliphatic carbocycles. The van der Waals surface area contributed by atoms with Crippen LogP contribution in [0.15, 0.2) is 42.7 Å². The normalized spacial score (nSPS) is 24.6. The largest absolute Gasteiger partial charge is 0.338 e. The first kappa shape index (κ1) is 19.2. The highest BCUT2D eigenvalue weighted by Gasteiger charge is 2.48. The van der Waals surface area contributed by atoms with E-state index in [1.54, 1.807) is 0 Å². The fourth-order valence-electron chi connectivity index (χ4n) is 5.12. The van der Waals surface area contributed by atoms with Gasteiger partial charge in [-0.15, -0.1) is 0 Å². The van der Waals surface area contributed by atoms with Crippen molar-refractivity contribution in [2.24, 2.45) is 18.9 Å². The number of carbonyl (C=O) groups excluding carboxylic acids is 1. The predicted octanol–water partition coefficient (Wildman–Crippen LogP) is 3.63. The number of hydrogen-bond acceptors (Lipinski definition) is 3. The Morgan fingerprint density at radius 2 is 2.07 bits per heavy atom. The van der Waals surface area contributed by atoms with Gasteiger partial charge in [-0.05, 0) is 37.3 Å². The van der Waals surface area contributed by atoms with Crippen LogP contribution >= 0.6 is 0 Å². The van der Waals surface area contributed by atoms with Gasteiger partial charge in [0.25, 0.3) is 0 Å². The molecule has 2 aliphatic heterocycles. The van der Waals surface area contributed by atoms with E-state index in [0.29, 0.717) is 30.5 Å². The van der Waals surface area contributed by atoms with E-state index in [1.807, 2.05) is 24.1 Å². The summed E-state index contributed by atoms with van der Waals surface area (Å²) in [5, 5.41) is 4.28. The van der Waals surface area contributed by atoms with Gasteiger partial charge < -0.3 is 4.90 Å². The van der Waals surface area contributed by atoms with E-state index in [1.165, 1.54) is 12.0 Å². The van der Waals surface area contributed by atoms with Crippen LogP contribution in [0, 0.1) is 11.8 Å². The lowest BCUT2D eigenvalue weighted by molar-refractivity contribution is -0.137. The third kappa shape index (κ3) is 3.86. The van der Waals surface area contributed by atoms with E-state index in [2.05, 4.69) is 59.1 Å². The Balaban J connectivity index is 1.55. The molecule has 0 N–H and O–H groups in total. The summed E-state index contributed by atoms with van der Waals surface area (Å²) >= 11 is 0. The van der Waals surface area contributed by atoms with Gasteiger partial charge in [-0.2, -0.15) is 5.10 Å². The summed E-state index contributed by atoms with van der Waals surface area (Å²) in [6, 6.07) is 11.5. The molecule has 2 aliphatic rings. The Kier molecular flexibility index (Phi) is 5.54. The Bertz CT molecular complexity index is 800. The molecule has 28 heavy (non-hydrogen) atoms. The fourth-order valence-corrected chi connectivity index (χ4v) is 5.12. The van der Waals surface area contributed by atoms with Crippen molar-refractivity contribution in [2.75, 3.05) is 13.1 Å². The second-order valence-corrected chi connectivity index (χ2v) is 8.85. The molecule has 5 heteroatoms. The molecule has 3 heterocycles. The molecule has 0 saturated carbocycles. The zero-order chi connectivity index (χ0) is 19.7. The molecule has 150 valence electrons. The van der Waals surface area contributed by atoms with E-state index < -0.39 is 0 Å². The Morgan fingerprint density at radius 1 is 1.29 bits per heavy atom. The number of amides is 1. The van der Waals surface area contributed by atoms with E-state index >= 15 is 0 Å². The lowest BCUT2D eigenvalue weighted by atomic mass is 9.92. The topological polar surface area (TPSA) is 41.4 Å². The highest BCUT2D eigenvalue weighted by atomic mass is 16.2. The monoisotopic (exact) mass is 380 g/mol. The maximum absolute atomic E-state index is 13.7. The maximum Gasteiger partial charge on any atom is 0.227 e. The van der Waals surface area contributed by atoms with Crippen LogP contribution in [-0.2, 0) is 18.4 Å². The summed E-state index contributed by atoms with van der Waals surface area (Å²) in [4.78, 5) is 18.4. The van der Waals surface area contributed by atoms with Crippen LogP contribution in [0.3, 0.4) is 0 Å². The van der Waals surface area contributed by atoms with Gasteiger partial charge in [0.2, 0.25) is 5.91 Å². The second-order valence-electron chi connectivity index (χ2n) is 8.85. The van der Waals surface area contributed by atoms with Crippen LogP contribution in [0.4, 0.5) is 0 Å². The van der Waals surface area contributed by atoms with Gasteiger partial charge in [0.15, 0.2) is 0 Å². The van der Waals surface area contributed by atoms with E-state index in [-0.39, 0.29) is 5.92 Å². The average Bonchev–Trinajstić information content (AvgIpc) is 3.37. The van der Waals surface area contributed by atoms with Crippen molar-refractivity contribution in [3.8, 4) is 0 Å². The van der Waals surface area contributed by atoms with Gasteiger partial charge in [-0.3, -0.25) is 14.4 Å². The number of rotatable bonds is 6. The van der Waals surface area contributed by atoms with Crippen molar-refractivity contribution < 1.29 is 4.79 Å². The predicted molar refractivity (Wildman–Crippen MR) is 110 cm³/mol. The molecule has 2 fully saturated rings. The van der Waals surface area contributed by atoms with E-state index in [9.17, 15) is 4.79 Å². The van der Waals surface area contributed by atoms with Crippen molar-refractivity contribution in [1.82, 2.24) is 19.6 Å². The fraction of sp³-hybridized carbons (Fsp3) is 0.565. The summed E-state index contributed by atoms with van der Waals surface area (Å²) in [7, 11) is 1.93. The first-order chi connectivity index (χ1) is 13.5. The molecule has 5 nitrogen and oxygen atoms in total. The Morgan fingerprint density at radius 3 is 2.75 bits per heavy atom. The molecule has 2 aromatic rings. The lowest BCUT2D eigenvalue weighted by Crippen LogP contribution is -2.41. The minimum atomic E-state index is 0.100. The van der Waals surface area contributed by atoms with Gasteiger partial charge in [0, 0.05) is 44.0 Å². The molecule has 3 atom stereocenters. The summed E-state index contributed by atoms with van der Waals surface area (Å²) in [5.74, 6) is 0.877. The quantitative estimate of drug-likeness (QED) is 0.768. The van der Waals surface area contributed by atoms with E-state index in [0.717, 1.165) is 31.5 Å². The van der Waals surface area contributed by atoms with Crippen molar-refractivity contribution in [2.45, 2.75) is 51.7 Å². The summed E-state index contributed by atoms with van der Waals surface area (Å²) in [5.41, 5.74) is 2.46. The number of nitrogens with zero attached hydrogens (tertiary/aromatic N) is 4. The zero-order valence-corrected chi connectivity index (χ0v) is 17.3. The maximum atomic E-state index is 13.7. The minimum absolute atomic E-state index is 0.100. The molecular formula is C23H32N4O. The van der Waals surface area contributed by atoms with E-state index in [4.69, 9.17) is 0 Å². The molecule has 0 radical (unpaired) electrons. The molecule has 1 amide bonds. The number of fused-ring (bicyclic) bond motifs is 1.